The Balaban J connectivity index is 1.81. The maximum Gasteiger partial charge on any atom is 0.0711 e. The van der Waals surface area contributed by atoms with Crippen LogP contribution in [-0.4, -0.2) is 0 Å². The number of rotatable bonds is 0. The highest BCUT2D eigenvalue weighted by molar-refractivity contribution is 9.11. The predicted molar refractivity (Wildman–Crippen MR) is 120 cm³/mol. The maximum absolute atomic E-state index is 3.70. The van der Waals surface area contributed by atoms with Gasteiger partial charge in [0.2, 0.25) is 0 Å². The summed E-state index contributed by atoms with van der Waals surface area (Å²) in [5.74, 6) is 0. The van der Waals surface area contributed by atoms with E-state index >= 15 is 0 Å². The molecule has 0 spiro atoms. The Bertz CT molecular complexity index is 1160. The summed E-state index contributed by atoms with van der Waals surface area (Å²) in [6, 6.07) is 22.1. The second kappa shape index (κ2) is 5.52. The molecule has 6 rings (SSSR count). The van der Waals surface area contributed by atoms with Gasteiger partial charge in [0.05, 0.1) is 17.3 Å². The van der Waals surface area contributed by atoms with E-state index in [0.717, 1.165) is 0 Å². The van der Waals surface area contributed by atoms with Gasteiger partial charge in [-0.2, -0.15) is 0 Å². The van der Waals surface area contributed by atoms with E-state index < -0.39 is 0 Å². The van der Waals surface area contributed by atoms with E-state index in [9.17, 15) is 0 Å². The molecule has 2 aromatic heterocycles. The molecule has 0 radical (unpaired) electrons. The van der Waals surface area contributed by atoms with E-state index in [-0.39, 0.29) is 0 Å². The van der Waals surface area contributed by atoms with Crippen molar-refractivity contribution < 1.29 is 0 Å². The largest absolute Gasteiger partial charge is 0.127 e. The summed E-state index contributed by atoms with van der Waals surface area (Å²) < 4.78 is 2.38. The van der Waals surface area contributed by atoms with Gasteiger partial charge in [0.25, 0.3) is 0 Å². The van der Waals surface area contributed by atoms with Crippen LogP contribution in [0.2, 0.25) is 0 Å². The van der Waals surface area contributed by atoms with Gasteiger partial charge in [0, 0.05) is 16.7 Å². The van der Waals surface area contributed by atoms with Crippen LogP contribution in [-0.2, 0) is 0 Å². The molecule has 0 fully saturated rings. The standard InChI is InChI=1S/C22H10Br2S2/c23-17-9-15-20(16-10-18(24)26-22(16)21(15)25-17)19-13-7-3-1-5-11(13)12-6-2-4-8-14(12)19/h1-10H. The molecule has 0 bridgehead atoms. The van der Waals surface area contributed by atoms with Crippen molar-refractivity contribution in [1.29, 1.82) is 0 Å². The minimum Gasteiger partial charge on any atom is -0.127 e. The lowest BCUT2D eigenvalue weighted by Crippen LogP contribution is -1.89. The van der Waals surface area contributed by atoms with Gasteiger partial charge in [-0.05, 0) is 71.8 Å². The number of halogens is 2. The van der Waals surface area contributed by atoms with Crippen LogP contribution in [0.1, 0.15) is 22.3 Å². The average molecular weight is 498 g/mol. The SMILES string of the molecule is Brc1cc2c(s1)-c1sc(Br)cc1C2=C1c2ccccc2-c2ccccc21. The van der Waals surface area contributed by atoms with Crippen LogP contribution in [0.5, 0.6) is 0 Å². The molecule has 2 aromatic carbocycles. The van der Waals surface area contributed by atoms with Gasteiger partial charge in [0.15, 0.2) is 0 Å². The van der Waals surface area contributed by atoms with Gasteiger partial charge in [-0.15, -0.1) is 22.7 Å². The third kappa shape index (κ3) is 1.99. The lowest BCUT2D eigenvalue weighted by atomic mass is 9.93. The van der Waals surface area contributed by atoms with Crippen LogP contribution in [0.4, 0.5) is 0 Å². The molecule has 0 N–H and O–H groups in total. The van der Waals surface area contributed by atoms with Crippen molar-refractivity contribution in [2.24, 2.45) is 0 Å². The van der Waals surface area contributed by atoms with Crippen molar-refractivity contribution in [1.82, 2.24) is 0 Å². The number of thiophene rings is 2. The van der Waals surface area contributed by atoms with Crippen molar-refractivity contribution in [2.45, 2.75) is 0 Å². The summed E-state index contributed by atoms with van der Waals surface area (Å²) >= 11 is 11.1. The fourth-order valence-corrected chi connectivity index (χ4v) is 7.50. The highest BCUT2D eigenvalue weighted by Crippen LogP contribution is 2.59. The van der Waals surface area contributed by atoms with Gasteiger partial charge in [-0.1, -0.05) is 48.5 Å². The van der Waals surface area contributed by atoms with Crippen molar-refractivity contribution in [3.05, 3.63) is 90.5 Å². The molecular weight excluding hydrogens is 488 g/mol. The second-order valence-electron chi connectivity index (χ2n) is 6.43. The summed E-state index contributed by atoms with van der Waals surface area (Å²) in [4.78, 5) is 2.76. The van der Waals surface area contributed by atoms with Gasteiger partial charge < -0.3 is 0 Å². The summed E-state index contributed by atoms with van der Waals surface area (Å²) in [5, 5.41) is 0. The molecule has 0 unspecified atom stereocenters. The highest BCUT2D eigenvalue weighted by atomic mass is 79.9. The van der Waals surface area contributed by atoms with Crippen molar-refractivity contribution in [2.75, 3.05) is 0 Å². The number of hydrogen-bond donors (Lipinski definition) is 0. The smallest absolute Gasteiger partial charge is 0.0711 e. The van der Waals surface area contributed by atoms with E-state index in [2.05, 4.69) is 92.5 Å². The summed E-state index contributed by atoms with van der Waals surface area (Å²) in [6.07, 6.45) is 0. The Morgan fingerprint density at radius 3 is 1.35 bits per heavy atom. The number of hydrogen-bond acceptors (Lipinski definition) is 2. The molecule has 2 aliphatic rings. The van der Waals surface area contributed by atoms with Crippen LogP contribution in [0.3, 0.4) is 0 Å². The van der Waals surface area contributed by atoms with E-state index in [1.54, 1.807) is 0 Å². The fourth-order valence-electron chi connectivity index (χ4n) is 4.13. The Hall–Kier alpha value is -1.46. The van der Waals surface area contributed by atoms with E-state index in [0.29, 0.717) is 0 Å². The maximum atomic E-state index is 3.70. The Kier molecular flexibility index (Phi) is 3.31. The highest BCUT2D eigenvalue weighted by Gasteiger charge is 2.34. The molecule has 0 saturated carbocycles. The molecule has 124 valence electrons. The summed E-state index contributed by atoms with van der Waals surface area (Å²) in [7, 11) is 0. The first kappa shape index (κ1) is 15.6. The Morgan fingerprint density at radius 2 is 0.885 bits per heavy atom. The molecule has 0 nitrogen and oxygen atoms in total. The Labute approximate surface area is 176 Å². The molecule has 0 amide bonds. The lowest BCUT2D eigenvalue weighted by molar-refractivity contribution is 1.65. The monoisotopic (exact) mass is 496 g/mol. The first-order valence-electron chi connectivity index (χ1n) is 8.25. The van der Waals surface area contributed by atoms with Crippen LogP contribution < -0.4 is 0 Å². The topological polar surface area (TPSA) is 0 Å². The third-order valence-electron chi connectivity index (χ3n) is 5.08. The molecule has 26 heavy (non-hydrogen) atoms. The quantitative estimate of drug-likeness (QED) is 0.198. The minimum absolute atomic E-state index is 1.19. The van der Waals surface area contributed by atoms with Crippen molar-refractivity contribution in [3.63, 3.8) is 0 Å². The molecule has 0 atom stereocenters. The van der Waals surface area contributed by atoms with Gasteiger partial charge in [0.1, 0.15) is 0 Å². The zero-order valence-corrected chi connectivity index (χ0v) is 18.2. The summed E-state index contributed by atoms with van der Waals surface area (Å²) in [5.41, 5.74) is 10.8. The van der Waals surface area contributed by atoms with E-state index in [1.807, 2.05) is 22.7 Å². The first-order chi connectivity index (χ1) is 12.7. The van der Waals surface area contributed by atoms with Gasteiger partial charge in [-0.3, -0.25) is 0 Å². The molecular formula is C22H10Br2S2. The van der Waals surface area contributed by atoms with Crippen LogP contribution in [0.25, 0.3) is 32.0 Å². The fraction of sp³-hybridized carbons (Fsp3) is 0. The van der Waals surface area contributed by atoms with Crippen LogP contribution >= 0.6 is 54.5 Å². The molecule has 4 heteroatoms. The minimum atomic E-state index is 1.19. The number of benzene rings is 2. The van der Waals surface area contributed by atoms with Gasteiger partial charge in [-0.25, -0.2) is 0 Å². The van der Waals surface area contributed by atoms with Gasteiger partial charge >= 0.3 is 0 Å². The van der Waals surface area contributed by atoms with Crippen LogP contribution in [0, 0.1) is 0 Å². The van der Waals surface area contributed by atoms with Crippen LogP contribution in [0.15, 0.2) is 68.2 Å². The number of fused-ring (bicyclic) bond motifs is 6. The molecule has 2 aliphatic carbocycles. The lowest BCUT2D eigenvalue weighted by Gasteiger charge is -2.09. The Morgan fingerprint density at radius 1 is 0.500 bits per heavy atom. The van der Waals surface area contributed by atoms with E-state index in [4.69, 9.17) is 0 Å². The molecule has 2 heterocycles. The molecule has 4 aromatic rings. The average Bonchev–Trinajstić information content (AvgIpc) is 3.35. The normalized spacial score (nSPS) is 13.6. The first-order valence-corrected chi connectivity index (χ1v) is 11.5. The second-order valence-corrected chi connectivity index (χ2v) is 11.3. The van der Waals surface area contributed by atoms with Crippen molar-refractivity contribution >= 4 is 65.7 Å². The molecule has 0 saturated heterocycles. The third-order valence-corrected chi connectivity index (χ3v) is 8.52. The predicted octanol–water partition coefficient (Wildman–Crippen LogP) is 8.30. The van der Waals surface area contributed by atoms with E-state index in [1.165, 1.54) is 61.9 Å². The van der Waals surface area contributed by atoms with Crippen molar-refractivity contribution in [3.8, 4) is 20.9 Å². The zero-order valence-electron chi connectivity index (χ0n) is 13.3. The zero-order chi connectivity index (χ0) is 17.4. The molecule has 0 aliphatic heterocycles. The summed E-state index contributed by atoms with van der Waals surface area (Å²) in [6.45, 7) is 0.